The summed E-state index contributed by atoms with van der Waals surface area (Å²) in [6.45, 7) is 0. The van der Waals surface area contributed by atoms with Crippen LogP contribution in [0.1, 0.15) is 501 Å². The Morgan fingerprint density at radius 1 is 0.0612 bits per heavy atom. The molecule has 24 aliphatic carbocycles. The molecule has 0 radical (unpaired) electrons. The van der Waals surface area contributed by atoms with Crippen LogP contribution in [0.5, 0.6) is 0 Å². The lowest BCUT2D eigenvalue weighted by atomic mass is 9.71. The van der Waals surface area contributed by atoms with E-state index in [-0.39, 0.29) is 0 Å². The molecule has 98 heavy (non-hydrogen) atoms. The van der Waals surface area contributed by atoms with Crippen LogP contribution >= 0.6 is 0 Å². The van der Waals surface area contributed by atoms with Gasteiger partial charge in [-0.1, -0.05) is 475 Å². The lowest BCUT2D eigenvalue weighted by Gasteiger charge is -2.35. The molecule has 24 fully saturated rings. The SMILES string of the molecule is C1CC2CCC(C1)C2.C1CC2CCC1CC2.C1CC2CCCC(C1)C2.C1CC2CCCC(C1)CC2.C1CC2CCCC(C1)CCC2.C1CCC2CCC(C1)C2.C1CCC2CCC(C1)CC2.C1CCC2CCCC(C1)C2.C1CCC2CCCC(C1)CC2.C1CCC2CCCC(C1)CCC2. The Kier molecular flexibility index (Phi) is 37.9. The van der Waals surface area contributed by atoms with E-state index in [4.69, 9.17) is 0 Å². The van der Waals surface area contributed by atoms with Gasteiger partial charge in [0.05, 0.1) is 0 Å². The second kappa shape index (κ2) is 46.9. The minimum Gasteiger partial charge on any atom is -0.0530 e. The molecular formula is C98H176. The first-order valence-electron chi connectivity index (χ1n) is 48.5. The molecule has 0 saturated heterocycles. The van der Waals surface area contributed by atoms with Gasteiger partial charge in [0.2, 0.25) is 0 Å². The zero-order valence-corrected chi connectivity index (χ0v) is 66.7. The Labute approximate surface area is 615 Å². The molecule has 568 valence electrons. The molecule has 24 saturated carbocycles. The summed E-state index contributed by atoms with van der Waals surface area (Å²) >= 11 is 0. The second-order valence-corrected chi connectivity index (χ2v) is 41.1. The summed E-state index contributed by atoms with van der Waals surface area (Å²) < 4.78 is 0. The van der Waals surface area contributed by atoms with E-state index in [0.717, 1.165) is 118 Å². The third-order valence-corrected chi connectivity index (χ3v) is 33.6. The maximum Gasteiger partial charge on any atom is -0.0412 e. The summed E-state index contributed by atoms with van der Waals surface area (Å²) in [7, 11) is 0. The average molecular weight is 1350 g/mol. The molecule has 0 spiro atoms. The van der Waals surface area contributed by atoms with Gasteiger partial charge in [-0.2, -0.15) is 0 Å². The summed E-state index contributed by atoms with van der Waals surface area (Å²) in [5, 5.41) is 0. The van der Waals surface area contributed by atoms with E-state index in [1.54, 1.807) is 360 Å². The van der Waals surface area contributed by atoms with Crippen LogP contribution in [0.15, 0.2) is 0 Å². The zero-order chi connectivity index (χ0) is 66.7. The van der Waals surface area contributed by atoms with E-state index in [2.05, 4.69) is 0 Å². The van der Waals surface area contributed by atoms with Crippen molar-refractivity contribution < 1.29 is 0 Å². The van der Waals surface area contributed by atoms with Gasteiger partial charge >= 0.3 is 0 Å². The molecule has 24 rings (SSSR count). The van der Waals surface area contributed by atoms with Gasteiger partial charge in [-0.05, 0) is 144 Å². The molecule has 0 N–H and O–H groups in total. The van der Waals surface area contributed by atoms with Gasteiger partial charge in [-0.3, -0.25) is 0 Å². The third kappa shape index (κ3) is 30.7. The smallest absolute Gasteiger partial charge is 0.0412 e. The van der Waals surface area contributed by atoms with Crippen molar-refractivity contribution in [3.8, 4) is 0 Å². The monoisotopic (exact) mass is 1350 g/mol. The number of fused-ring (bicyclic) bond motifs is 35. The van der Waals surface area contributed by atoms with Crippen LogP contribution in [0, 0.1) is 118 Å². The highest BCUT2D eigenvalue weighted by atomic mass is 14.4. The van der Waals surface area contributed by atoms with Crippen molar-refractivity contribution >= 4 is 0 Å². The van der Waals surface area contributed by atoms with Crippen molar-refractivity contribution in [3.05, 3.63) is 0 Å². The van der Waals surface area contributed by atoms with Crippen LogP contribution in [0.25, 0.3) is 0 Å². The molecule has 8 unspecified atom stereocenters. The average Bonchev–Trinajstić information content (AvgIpc) is 1.74. The topological polar surface area (TPSA) is 0 Å². The van der Waals surface area contributed by atoms with Gasteiger partial charge in [0.15, 0.2) is 0 Å². The molecule has 0 amide bonds. The van der Waals surface area contributed by atoms with Crippen molar-refractivity contribution in [2.75, 3.05) is 0 Å². The maximum atomic E-state index is 1.58. The maximum absolute atomic E-state index is 1.58. The molecule has 8 atom stereocenters. The van der Waals surface area contributed by atoms with E-state index in [1.807, 2.05) is 0 Å². The fourth-order valence-corrected chi connectivity index (χ4v) is 27.0. The van der Waals surface area contributed by atoms with Crippen molar-refractivity contribution in [2.24, 2.45) is 118 Å². The Balaban J connectivity index is 0.000000110. The van der Waals surface area contributed by atoms with Crippen LogP contribution in [0.3, 0.4) is 0 Å². The van der Waals surface area contributed by atoms with Gasteiger partial charge in [0, 0.05) is 0 Å². The Hall–Kier alpha value is 0. The first-order chi connectivity index (χ1) is 48.5. The van der Waals surface area contributed by atoms with Crippen LogP contribution in [0.2, 0.25) is 0 Å². The first-order valence-corrected chi connectivity index (χ1v) is 48.5. The zero-order valence-electron chi connectivity index (χ0n) is 66.7. The van der Waals surface area contributed by atoms with Crippen LogP contribution in [0.4, 0.5) is 0 Å². The van der Waals surface area contributed by atoms with E-state index >= 15 is 0 Å². The van der Waals surface area contributed by atoms with E-state index in [0.29, 0.717) is 0 Å². The Morgan fingerprint density at radius 2 is 0.133 bits per heavy atom. The normalized spacial score (nSPS) is 41.1. The molecule has 0 aromatic carbocycles. The van der Waals surface area contributed by atoms with Gasteiger partial charge in [0.25, 0.3) is 0 Å². The Morgan fingerprint density at radius 3 is 0.286 bits per heavy atom. The highest BCUT2D eigenvalue weighted by molar-refractivity contribution is 4.85. The van der Waals surface area contributed by atoms with Gasteiger partial charge in [-0.25, -0.2) is 0 Å². The number of rotatable bonds is 0. The fourth-order valence-electron chi connectivity index (χ4n) is 27.0. The first kappa shape index (κ1) is 79.1. The van der Waals surface area contributed by atoms with Gasteiger partial charge < -0.3 is 0 Å². The molecule has 24 aliphatic rings. The van der Waals surface area contributed by atoms with Crippen molar-refractivity contribution in [2.45, 2.75) is 501 Å². The largest absolute Gasteiger partial charge is 0.0530 e. The highest BCUT2D eigenvalue weighted by Crippen LogP contribution is 2.46. The van der Waals surface area contributed by atoms with Gasteiger partial charge in [-0.15, -0.1) is 0 Å². The Bertz CT molecular complexity index is 1700. The van der Waals surface area contributed by atoms with Crippen LogP contribution in [-0.4, -0.2) is 0 Å². The summed E-state index contributed by atoms with van der Waals surface area (Å²) in [5.74, 6) is 22.8. The summed E-state index contributed by atoms with van der Waals surface area (Å²) in [6.07, 6.45) is 121. The number of hydrogen-bond donors (Lipinski definition) is 0. The minimum atomic E-state index is 1.11. The minimum absolute atomic E-state index is 1.11. The van der Waals surface area contributed by atoms with E-state index in [9.17, 15) is 0 Å². The highest BCUT2D eigenvalue weighted by Gasteiger charge is 2.32. The van der Waals surface area contributed by atoms with E-state index < -0.39 is 0 Å². The molecule has 0 heterocycles. The molecule has 0 aromatic heterocycles. The van der Waals surface area contributed by atoms with Gasteiger partial charge in [0.1, 0.15) is 0 Å². The quantitative estimate of drug-likeness (QED) is 0.227. The molecule has 0 heteroatoms. The summed E-state index contributed by atoms with van der Waals surface area (Å²) in [5.41, 5.74) is 0. The standard InChI is InChI=1S/C12H22.2C11H20.3C10H18.2C9H16.2C8H14/c1-2-6-12-9-3-7-11(5-1)8-4-10-12;1-4-10-6-2-7-11(5-1)9-3-8-10;1-2-5-11-7-3-6-10(4-1)8-9-11;1-3-9-5-2-6-10(4-1)8-7-9;1-2-5-10-7-3-6-9(4-1)8-10;1-2-4-10-7-5-9(3-1)6-8-10;1-3-8-5-2-6-9(4-1)7-8;1-2-4-9-6-5-8(3-1)7-9;1-2-8-5-3-7(1)4-6-8;1-2-7-4-5-8(3-1)6-7/h11-12H,1-10H2;2*10-11H,1-9H2;3*9-10H,1-8H2;2*8-9H,1-7H2;2*7-8H,1-6H2. The van der Waals surface area contributed by atoms with Crippen molar-refractivity contribution in [1.29, 1.82) is 0 Å². The fraction of sp³-hybridized carbons (Fsp3) is 1.00. The van der Waals surface area contributed by atoms with Crippen molar-refractivity contribution in [3.63, 3.8) is 0 Å². The van der Waals surface area contributed by atoms with E-state index in [1.165, 1.54) is 141 Å². The predicted octanol–water partition coefficient (Wildman–Crippen LogP) is 32.9. The van der Waals surface area contributed by atoms with Crippen LogP contribution in [-0.2, 0) is 0 Å². The van der Waals surface area contributed by atoms with Crippen LogP contribution < -0.4 is 0 Å². The number of hydrogen-bond acceptors (Lipinski definition) is 0. The second-order valence-electron chi connectivity index (χ2n) is 41.1. The molecule has 20 bridgehead atoms. The molecule has 0 nitrogen and oxygen atoms in total. The van der Waals surface area contributed by atoms with Crippen molar-refractivity contribution in [1.82, 2.24) is 0 Å². The predicted molar refractivity (Wildman–Crippen MR) is 430 cm³/mol. The summed E-state index contributed by atoms with van der Waals surface area (Å²) in [6, 6.07) is 0. The summed E-state index contributed by atoms with van der Waals surface area (Å²) in [4.78, 5) is 0. The molecule has 0 aromatic rings. The third-order valence-electron chi connectivity index (χ3n) is 33.6. The lowest BCUT2D eigenvalue weighted by molar-refractivity contribution is 0.176. The molecular weight excluding hydrogens is 1180 g/mol. The molecule has 0 aliphatic heterocycles. The lowest BCUT2D eigenvalue weighted by Crippen LogP contribution is -2.21.